The molecule has 144 valence electrons. The quantitative estimate of drug-likeness (QED) is 0.733. The number of hydrogen-bond donors (Lipinski definition) is 0. The smallest absolute Gasteiger partial charge is 0.266 e. The molecule has 1 saturated carbocycles. The third kappa shape index (κ3) is 2.77. The Balaban J connectivity index is 2.10. The summed E-state index contributed by atoms with van der Waals surface area (Å²) < 4.78 is 39.0. The zero-order valence-corrected chi connectivity index (χ0v) is 16.7. The van der Waals surface area contributed by atoms with E-state index >= 15 is 0 Å². The van der Waals surface area contributed by atoms with E-state index in [4.69, 9.17) is 9.47 Å². The molecule has 1 heterocycles. The molecule has 0 N–H and O–H groups in total. The highest BCUT2D eigenvalue weighted by Crippen LogP contribution is 2.53. The maximum absolute atomic E-state index is 13.3. The molecule has 0 bridgehead atoms. The lowest BCUT2D eigenvalue weighted by Gasteiger charge is -2.37. The Kier molecular flexibility index (Phi) is 4.92. The van der Waals surface area contributed by atoms with Crippen LogP contribution in [0.25, 0.3) is 0 Å². The van der Waals surface area contributed by atoms with Crippen LogP contribution in [0, 0.1) is 24.7 Å². The highest BCUT2D eigenvalue weighted by molar-refractivity contribution is 7.89. The highest BCUT2D eigenvalue weighted by Gasteiger charge is 2.65. The molecule has 3 rings (SSSR count). The number of nitrogens with zero attached hydrogens (tertiary/aromatic N) is 1. The SMILES string of the molecule is COC1(OC)C[C@H](C(C)C)[C@H]2CC(=O)N(S(=O)(=O)c3ccc(C)cc3)[C@H]21. The number of methoxy groups -OCH3 is 2. The second-order valence-corrected chi connectivity index (χ2v) is 9.47. The molecule has 1 aliphatic heterocycles. The van der Waals surface area contributed by atoms with Gasteiger partial charge in [0.05, 0.1) is 4.90 Å². The molecule has 7 heteroatoms. The van der Waals surface area contributed by atoms with E-state index in [0.717, 1.165) is 9.87 Å². The van der Waals surface area contributed by atoms with Gasteiger partial charge in [0.2, 0.25) is 5.91 Å². The third-order valence-corrected chi connectivity index (χ3v) is 7.78. The molecule has 2 fully saturated rings. The lowest BCUT2D eigenvalue weighted by atomic mass is 9.84. The molecule has 3 atom stereocenters. The lowest BCUT2D eigenvalue weighted by molar-refractivity contribution is -0.224. The summed E-state index contributed by atoms with van der Waals surface area (Å²) in [4.78, 5) is 12.9. The van der Waals surface area contributed by atoms with Gasteiger partial charge in [-0.15, -0.1) is 0 Å². The summed E-state index contributed by atoms with van der Waals surface area (Å²) in [5, 5.41) is 0. The average Bonchev–Trinajstić information content (AvgIpc) is 3.09. The maximum atomic E-state index is 13.3. The van der Waals surface area contributed by atoms with E-state index in [9.17, 15) is 13.2 Å². The van der Waals surface area contributed by atoms with Crippen molar-refractivity contribution in [2.45, 2.75) is 50.3 Å². The molecule has 1 aromatic carbocycles. The van der Waals surface area contributed by atoms with E-state index in [1.807, 2.05) is 6.92 Å². The minimum atomic E-state index is -3.98. The van der Waals surface area contributed by atoms with Crippen molar-refractivity contribution in [3.05, 3.63) is 29.8 Å². The van der Waals surface area contributed by atoms with Crippen molar-refractivity contribution in [3.8, 4) is 0 Å². The predicted molar refractivity (Wildman–Crippen MR) is 96.8 cm³/mol. The van der Waals surface area contributed by atoms with Gasteiger partial charge in [0, 0.05) is 27.1 Å². The Morgan fingerprint density at radius 2 is 1.73 bits per heavy atom. The van der Waals surface area contributed by atoms with Crippen molar-refractivity contribution >= 4 is 15.9 Å². The van der Waals surface area contributed by atoms with E-state index in [0.29, 0.717) is 12.3 Å². The normalized spacial score (nSPS) is 28.0. The summed E-state index contributed by atoms with van der Waals surface area (Å²) in [6.45, 7) is 6.06. The monoisotopic (exact) mass is 381 g/mol. The van der Waals surface area contributed by atoms with Crippen LogP contribution in [0.4, 0.5) is 0 Å². The first-order valence-corrected chi connectivity index (χ1v) is 10.4. The maximum Gasteiger partial charge on any atom is 0.266 e. The van der Waals surface area contributed by atoms with Crippen molar-refractivity contribution in [1.29, 1.82) is 0 Å². The van der Waals surface area contributed by atoms with E-state index in [2.05, 4.69) is 13.8 Å². The summed E-state index contributed by atoms with van der Waals surface area (Å²) in [7, 11) is -0.942. The number of hydrogen-bond acceptors (Lipinski definition) is 5. The standard InChI is InChI=1S/C19H27NO5S/c1-12(2)16-11-19(24-4,25-5)18-15(16)10-17(21)20(18)26(22,23)14-8-6-13(3)7-9-14/h6-9,12,15-16,18H,10-11H2,1-5H3/t15-,16-,18-/m1/s1. The summed E-state index contributed by atoms with van der Waals surface area (Å²) >= 11 is 0. The van der Waals surface area contributed by atoms with Gasteiger partial charge in [0.1, 0.15) is 6.04 Å². The second kappa shape index (κ2) is 6.62. The lowest BCUT2D eigenvalue weighted by Crippen LogP contribution is -2.53. The zero-order valence-electron chi connectivity index (χ0n) is 15.9. The molecule has 2 aliphatic rings. The van der Waals surface area contributed by atoms with Gasteiger partial charge < -0.3 is 9.47 Å². The van der Waals surface area contributed by atoms with E-state index in [1.165, 1.54) is 14.2 Å². The number of fused-ring (bicyclic) bond motifs is 1. The molecular formula is C19H27NO5S. The molecule has 6 nitrogen and oxygen atoms in total. The topological polar surface area (TPSA) is 72.9 Å². The fraction of sp³-hybridized carbons (Fsp3) is 0.632. The minimum Gasteiger partial charge on any atom is -0.351 e. The summed E-state index contributed by atoms with van der Waals surface area (Å²) in [6, 6.07) is 5.90. The van der Waals surface area contributed by atoms with Gasteiger partial charge in [-0.3, -0.25) is 4.79 Å². The van der Waals surface area contributed by atoms with Gasteiger partial charge in [0.25, 0.3) is 10.0 Å². The van der Waals surface area contributed by atoms with E-state index in [-0.39, 0.29) is 29.1 Å². The molecule has 0 unspecified atom stereocenters. The second-order valence-electron chi connectivity index (χ2n) is 7.65. The molecule has 1 amide bonds. The number of benzene rings is 1. The van der Waals surface area contributed by atoms with Gasteiger partial charge in [0.15, 0.2) is 5.79 Å². The minimum absolute atomic E-state index is 0.109. The van der Waals surface area contributed by atoms with Crippen molar-refractivity contribution in [2.75, 3.05) is 14.2 Å². The van der Waals surface area contributed by atoms with Crippen LogP contribution in [0.1, 0.15) is 32.3 Å². The highest BCUT2D eigenvalue weighted by atomic mass is 32.2. The number of aryl methyl sites for hydroxylation is 1. The van der Waals surface area contributed by atoms with Crippen LogP contribution in [0.3, 0.4) is 0 Å². The van der Waals surface area contributed by atoms with E-state index < -0.39 is 21.9 Å². The Hall–Kier alpha value is -1.44. The first-order valence-electron chi connectivity index (χ1n) is 8.92. The van der Waals surface area contributed by atoms with Crippen LogP contribution in [0.5, 0.6) is 0 Å². The molecule has 26 heavy (non-hydrogen) atoms. The first kappa shape index (κ1) is 19.3. The Morgan fingerprint density at radius 3 is 2.23 bits per heavy atom. The number of ether oxygens (including phenoxy) is 2. The summed E-state index contributed by atoms with van der Waals surface area (Å²) in [5.41, 5.74) is 0.957. The van der Waals surface area contributed by atoms with Crippen molar-refractivity contribution in [1.82, 2.24) is 4.31 Å². The first-order chi connectivity index (χ1) is 12.2. The summed E-state index contributed by atoms with van der Waals surface area (Å²) in [5.74, 6) is -1.15. The molecule has 1 aliphatic carbocycles. The van der Waals surface area contributed by atoms with Gasteiger partial charge in [-0.25, -0.2) is 12.7 Å². The van der Waals surface area contributed by atoms with E-state index in [1.54, 1.807) is 24.3 Å². The number of amides is 1. The number of rotatable bonds is 5. The zero-order chi connectivity index (χ0) is 19.3. The largest absolute Gasteiger partial charge is 0.351 e. The number of carbonyl (C=O) groups is 1. The van der Waals surface area contributed by atoms with Crippen LogP contribution in [-0.2, 0) is 24.3 Å². The fourth-order valence-electron chi connectivity index (χ4n) is 4.55. The molecule has 0 radical (unpaired) electrons. The average molecular weight is 381 g/mol. The van der Waals surface area contributed by atoms with Crippen molar-refractivity contribution in [2.24, 2.45) is 17.8 Å². The fourth-order valence-corrected chi connectivity index (χ4v) is 6.22. The molecular weight excluding hydrogens is 354 g/mol. The van der Waals surface area contributed by atoms with Gasteiger partial charge in [-0.2, -0.15) is 0 Å². The van der Waals surface area contributed by atoms with Gasteiger partial charge in [-0.1, -0.05) is 31.5 Å². The molecule has 0 aromatic heterocycles. The van der Waals surface area contributed by atoms with Gasteiger partial charge in [-0.05, 0) is 36.8 Å². The number of carbonyl (C=O) groups excluding carboxylic acids is 1. The molecule has 0 spiro atoms. The number of sulfonamides is 1. The van der Waals surface area contributed by atoms with Crippen LogP contribution in [-0.4, -0.2) is 44.7 Å². The Morgan fingerprint density at radius 1 is 1.15 bits per heavy atom. The van der Waals surface area contributed by atoms with Crippen LogP contribution in [0.2, 0.25) is 0 Å². The predicted octanol–water partition coefficient (Wildman–Crippen LogP) is 2.57. The van der Waals surface area contributed by atoms with Gasteiger partial charge >= 0.3 is 0 Å². The van der Waals surface area contributed by atoms with Crippen LogP contribution < -0.4 is 0 Å². The van der Waals surface area contributed by atoms with Crippen molar-refractivity contribution < 1.29 is 22.7 Å². The third-order valence-electron chi connectivity index (χ3n) is 5.96. The Labute approximate surface area is 155 Å². The molecule has 1 aromatic rings. The summed E-state index contributed by atoms with van der Waals surface area (Å²) in [6.07, 6.45) is 0.771. The van der Waals surface area contributed by atoms with Crippen LogP contribution >= 0.6 is 0 Å². The molecule has 1 saturated heterocycles. The van der Waals surface area contributed by atoms with Crippen molar-refractivity contribution in [3.63, 3.8) is 0 Å². The van der Waals surface area contributed by atoms with Crippen LogP contribution in [0.15, 0.2) is 29.2 Å². The Bertz CT molecular complexity index is 783.